The van der Waals surface area contributed by atoms with E-state index in [0.717, 1.165) is 3.57 Å². The molecular formula is C14H10Cl2FIO. The fraction of sp³-hybridized carbons (Fsp3) is 0.143. The van der Waals surface area contributed by atoms with E-state index in [1.807, 2.05) is 6.07 Å². The van der Waals surface area contributed by atoms with Gasteiger partial charge in [-0.25, -0.2) is 4.39 Å². The molecule has 100 valence electrons. The number of benzene rings is 2. The molecule has 19 heavy (non-hydrogen) atoms. The minimum Gasteiger partial charge on any atom is -0.388 e. The molecule has 1 atom stereocenters. The van der Waals surface area contributed by atoms with Gasteiger partial charge in [-0.1, -0.05) is 35.3 Å². The third-order valence-electron chi connectivity index (χ3n) is 2.76. The molecule has 0 saturated heterocycles. The number of hydrogen-bond donors (Lipinski definition) is 1. The van der Waals surface area contributed by atoms with Gasteiger partial charge in [0.15, 0.2) is 0 Å². The van der Waals surface area contributed by atoms with E-state index in [4.69, 9.17) is 23.2 Å². The first-order valence-corrected chi connectivity index (χ1v) is 7.38. The van der Waals surface area contributed by atoms with Gasteiger partial charge in [0.25, 0.3) is 0 Å². The van der Waals surface area contributed by atoms with Crippen molar-refractivity contribution in [3.05, 3.63) is 67.0 Å². The number of aliphatic hydroxyl groups excluding tert-OH is 1. The van der Waals surface area contributed by atoms with Crippen molar-refractivity contribution in [1.29, 1.82) is 0 Å². The SMILES string of the molecule is OC(Cc1ccc(Cl)cc1F)c1ccc(I)c(Cl)c1. The molecule has 1 nitrogen and oxygen atoms in total. The maximum Gasteiger partial charge on any atom is 0.127 e. The second kappa shape index (κ2) is 6.39. The van der Waals surface area contributed by atoms with Crippen molar-refractivity contribution in [3.63, 3.8) is 0 Å². The van der Waals surface area contributed by atoms with E-state index in [2.05, 4.69) is 22.6 Å². The van der Waals surface area contributed by atoms with E-state index < -0.39 is 11.9 Å². The van der Waals surface area contributed by atoms with E-state index in [9.17, 15) is 9.50 Å². The quantitative estimate of drug-likeness (QED) is 0.705. The van der Waals surface area contributed by atoms with Crippen LogP contribution < -0.4 is 0 Å². The van der Waals surface area contributed by atoms with Gasteiger partial charge in [0, 0.05) is 15.0 Å². The normalized spacial score (nSPS) is 12.5. The minimum absolute atomic E-state index is 0.180. The highest BCUT2D eigenvalue weighted by atomic mass is 127. The van der Waals surface area contributed by atoms with Crippen LogP contribution in [0.2, 0.25) is 10.0 Å². The Kier molecular flexibility index (Phi) is 5.06. The van der Waals surface area contributed by atoms with Crippen molar-refractivity contribution in [3.8, 4) is 0 Å². The summed E-state index contributed by atoms with van der Waals surface area (Å²) in [5.74, 6) is -0.414. The molecule has 0 aromatic heterocycles. The summed E-state index contributed by atoms with van der Waals surface area (Å²) in [5, 5.41) is 11.0. The van der Waals surface area contributed by atoms with Crippen molar-refractivity contribution in [2.75, 3.05) is 0 Å². The van der Waals surface area contributed by atoms with Crippen molar-refractivity contribution in [2.45, 2.75) is 12.5 Å². The maximum absolute atomic E-state index is 13.6. The highest BCUT2D eigenvalue weighted by Crippen LogP contribution is 2.26. The largest absolute Gasteiger partial charge is 0.388 e. The molecule has 1 N–H and O–H groups in total. The summed E-state index contributed by atoms with van der Waals surface area (Å²) >= 11 is 13.8. The van der Waals surface area contributed by atoms with Gasteiger partial charge in [-0.2, -0.15) is 0 Å². The molecule has 0 fully saturated rings. The Balaban J connectivity index is 2.20. The first-order chi connectivity index (χ1) is 8.97. The zero-order chi connectivity index (χ0) is 14.0. The van der Waals surface area contributed by atoms with Gasteiger partial charge in [0.05, 0.1) is 11.1 Å². The second-order valence-corrected chi connectivity index (χ2v) is 6.14. The number of halogens is 4. The van der Waals surface area contributed by atoms with Crippen LogP contribution in [0.25, 0.3) is 0 Å². The first kappa shape index (κ1) is 15.0. The Bertz CT molecular complexity index is 604. The van der Waals surface area contributed by atoms with Crippen LogP contribution in [-0.4, -0.2) is 5.11 Å². The van der Waals surface area contributed by atoms with Crippen LogP contribution in [0.5, 0.6) is 0 Å². The standard InChI is InChI=1S/C14H10Cl2FIO/c15-10-3-1-8(12(17)7-10)6-14(19)9-2-4-13(18)11(16)5-9/h1-5,7,14,19H,6H2. The summed E-state index contributed by atoms with van der Waals surface area (Å²) in [6.07, 6.45) is -0.620. The van der Waals surface area contributed by atoms with E-state index in [0.29, 0.717) is 21.2 Å². The molecule has 0 spiro atoms. The fourth-order valence-electron chi connectivity index (χ4n) is 1.73. The van der Waals surface area contributed by atoms with Crippen LogP contribution in [0.15, 0.2) is 36.4 Å². The predicted octanol–water partition coefficient (Wildman–Crippen LogP) is 5.01. The number of hydrogen-bond acceptors (Lipinski definition) is 1. The minimum atomic E-state index is -0.801. The fourth-order valence-corrected chi connectivity index (χ4v) is 2.42. The summed E-state index contributed by atoms with van der Waals surface area (Å²) in [4.78, 5) is 0. The molecule has 0 aliphatic rings. The molecule has 0 aliphatic carbocycles. The van der Waals surface area contributed by atoms with E-state index in [-0.39, 0.29) is 6.42 Å². The zero-order valence-electron chi connectivity index (χ0n) is 9.71. The summed E-state index contributed by atoms with van der Waals surface area (Å²) in [7, 11) is 0. The lowest BCUT2D eigenvalue weighted by Gasteiger charge is -2.12. The number of aliphatic hydroxyl groups is 1. The maximum atomic E-state index is 13.6. The lowest BCUT2D eigenvalue weighted by Crippen LogP contribution is -2.03. The number of rotatable bonds is 3. The Labute approximate surface area is 134 Å². The summed E-state index contributed by atoms with van der Waals surface area (Å²) < 4.78 is 14.6. The third-order valence-corrected chi connectivity index (χ3v) is 4.56. The summed E-state index contributed by atoms with van der Waals surface area (Å²) in [5.41, 5.74) is 1.09. The lowest BCUT2D eigenvalue weighted by atomic mass is 10.0. The van der Waals surface area contributed by atoms with E-state index >= 15 is 0 Å². The van der Waals surface area contributed by atoms with E-state index in [1.165, 1.54) is 6.07 Å². The average Bonchev–Trinajstić information content (AvgIpc) is 2.36. The van der Waals surface area contributed by atoms with Crippen molar-refractivity contribution in [1.82, 2.24) is 0 Å². The van der Waals surface area contributed by atoms with Crippen molar-refractivity contribution in [2.24, 2.45) is 0 Å². The van der Waals surface area contributed by atoms with Gasteiger partial charge in [-0.15, -0.1) is 0 Å². The Morgan fingerprint density at radius 1 is 1.16 bits per heavy atom. The van der Waals surface area contributed by atoms with E-state index in [1.54, 1.807) is 24.3 Å². The van der Waals surface area contributed by atoms with Crippen LogP contribution in [0.4, 0.5) is 4.39 Å². The van der Waals surface area contributed by atoms with Gasteiger partial charge in [-0.3, -0.25) is 0 Å². The van der Waals surface area contributed by atoms with Crippen molar-refractivity contribution < 1.29 is 9.50 Å². The summed E-state index contributed by atoms with van der Waals surface area (Å²) in [6.45, 7) is 0. The molecule has 0 amide bonds. The smallest absolute Gasteiger partial charge is 0.127 e. The van der Waals surface area contributed by atoms with Crippen LogP contribution in [0.1, 0.15) is 17.2 Å². The second-order valence-electron chi connectivity index (χ2n) is 4.13. The lowest BCUT2D eigenvalue weighted by molar-refractivity contribution is 0.177. The molecule has 0 radical (unpaired) electrons. The van der Waals surface area contributed by atoms with Crippen molar-refractivity contribution >= 4 is 45.8 Å². The van der Waals surface area contributed by atoms with Gasteiger partial charge in [-0.05, 0) is 58.0 Å². The monoisotopic (exact) mass is 410 g/mol. The Hall–Kier alpha value is -0.360. The third kappa shape index (κ3) is 3.81. The molecule has 2 rings (SSSR count). The Morgan fingerprint density at radius 2 is 1.89 bits per heavy atom. The highest BCUT2D eigenvalue weighted by Gasteiger charge is 2.13. The molecule has 0 heterocycles. The van der Waals surface area contributed by atoms with Crippen LogP contribution in [-0.2, 0) is 6.42 Å². The van der Waals surface area contributed by atoms with Crippen LogP contribution in [0, 0.1) is 9.39 Å². The predicted molar refractivity (Wildman–Crippen MR) is 84.2 cm³/mol. The molecule has 0 aliphatic heterocycles. The molecule has 2 aromatic rings. The zero-order valence-corrected chi connectivity index (χ0v) is 13.4. The molecule has 2 aromatic carbocycles. The first-order valence-electron chi connectivity index (χ1n) is 5.54. The van der Waals surface area contributed by atoms with Crippen LogP contribution >= 0.6 is 45.8 Å². The van der Waals surface area contributed by atoms with Gasteiger partial charge >= 0.3 is 0 Å². The molecule has 1 unspecified atom stereocenters. The summed E-state index contributed by atoms with van der Waals surface area (Å²) in [6, 6.07) is 9.72. The molecule has 5 heteroatoms. The van der Waals surface area contributed by atoms with Crippen LogP contribution in [0.3, 0.4) is 0 Å². The highest BCUT2D eigenvalue weighted by molar-refractivity contribution is 14.1. The van der Waals surface area contributed by atoms with Gasteiger partial charge in [0.2, 0.25) is 0 Å². The van der Waals surface area contributed by atoms with Gasteiger partial charge < -0.3 is 5.11 Å². The Morgan fingerprint density at radius 3 is 2.53 bits per heavy atom. The molecule has 0 saturated carbocycles. The topological polar surface area (TPSA) is 20.2 Å². The molecule has 0 bridgehead atoms. The average molecular weight is 411 g/mol. The molecular weight excluding hydrogens is 401 g/mol. The van der Waals surface area contributed by atoms with Gasteiger partial charge in [0.1, 0.15) is 5.82 Å².